The number of carbonyl (C=O) groups is 3. The van der Waals surface area contributed by atoms with Crippen molar-refractivity contribution in [2.24, 2.45) is 0 Å². The van der Waals surface area contributed by atoms with Crippen LogP contribution in [0.4, 0.5) is 4.79 Å². The van der Waals surface area contributed by atoms with Crippen molar-refractivity contribution in [3.8, 4) is 11.5 Å². The summed E-state index contributed by atoms with van der Waals surface area (Å²) in [5.74, 6) is 0.737. The van der Waals surface area contributed by atoms with Gasteiger partial charge >= 0.3 is 6.03 Å². The number of carbonyl (C=O) groups excluding carboxylic acids is 3. The Labute approximate surface area is 234 Å². The number of urea groups is 1. The summed E-state index contributed by atoms with van der Waals surface area (Å²) in [6, 6.07) is 20.1. The molecule has 2 fully saturated rings. The van der Waals surface area contributed by atoms with Gasteiger partial charge in [-0.2, -0.15) is 0 Å². The van der Waals surface area contributed by atoms with E-state index in [1.807, 2.05) is 60.4 Å². The fraction of sp³-hybridized carbons (Fsp3) is 0.281. The van der Waals surface area contributed by atoms with Crippen LogP contribution in [-0.4, -0.2) is 47.8 Å². The number of rotatable bonds is 8. The number of imide groups is 1. The summed E-state index contributed by atoms with van der Waals surface area (Å²) in [5, 5.41) is 2.67. The molecular weight excluding hydrogens is 506 g/mol. The number of likely N-dealkylation sites (tertiary alicyclic amines) is 1. The van der Waals surface area contributed by atoms with Gasteiger partial charge in [-0.25, -0.2) is 4.79 Å². The van der Waals surface area contributed by atoms with Gasteiger partial charge in [0.2, 0.25) is 0 Å². The molecule has 40 heavy (non-hydrogen) atoms. The number of benzene rings is 3. The molecular formula is C32H33N3O5. The molecule has 0 spiro atoms. The number of piperidine rings is 1. The Hall–Kier alpha value is -4.59. The molecule has 0 aliphatic carbocycles. The van der Waals surface area contributed by atoms with Crippen molar-refractivity contribution in [1.82, 2.24) is 15.1 Å². The van der Waals surface area contributed by atoms with Crippen LogP contribution in [0.25, 0.3) is 6.08 Å². The zero-order valence-corrected chi connectivity index (χ0v) is 22.8. The summed E-state index contributed by atoms with van der Waals surface area (Å²) in [7, 11) is 1.55. The maximum atomic E-state index is 12.9. The molecule has 1 N–H and O–H groups in total. The van der Waals surface area contributed by atoms with Crippen LogP contribution in [0.1, 0.15) is 51.9 Å². The van der Waals surface area contributed by atoms with Crippen LogP contribution in [0.5, 0.6) is 11.5 Å². The third-order valence-electron chi connectivity index (χ3n) is 7.16. The largest absolute Gasteiger partial charge is 0.493 e. The monoisotopic (exact) mass is 539 g/mol. The summed E-state index contributed by atoms with van der Waals surface area (Å²) >= 11 is 0. The van der Waals surface area contributed by atoms with E-state index in [1.54, 1.807) is 31.4 Å². The normalized spacial score (nSPS) is 16.3. The highest BCUT2D eigenvalue weighted by Crippen LogP contribution is 2.30. The molecule has 0 saturated carbocycles. The van der Waals surface area contributed by atoms with Gasteiger partial charge in [-0.15, -0.1) is 0 Å². The predicted octanol–water partition coefficient (Wildman–Crippen LogP) is 5.30. The Balaban J connectivity index is 1.22. The van der Waals surface area contributed by atoms with Crippen LogP contribution >= 0.6 is 0 Å². The van der Waals surface area contributed by atoms with E-state index in [0.29, 0.717) is 29.2 Å². The average molecular weight is 540 g/mol. The van der Waals surface area contributed by atoms with E-state index in [-0.39, 0.29) is 24.1 Å². The van der Waals surface area contributed by atoms with Gasteiger partial charge in [0.05, 0.1) is 13.7 Å². The Morgan fingerprint density at radius 1 is 0.900 bits per heavy atom. The number of ether oxygens (including phenoxy) is 2. The first-order valence-electron chi connectivity index (χ1n) is 13.5. The molecule has 5 rings (SSSR count). The third kappa shape index (κ3) is 6.17. The first kappa shape index (κ1) is 27.0. The number of nitrogens with one attached hydrogen (secondary N) is 1. The minimum atomic E-state index is -0.451. The summed E-state index contributed by atoms with van der Waals surface area (Å²) < 4.78 is 11.5. The maximum absolute atomic E-state index is 12.9. The minimum absolute atomic E-state index is 0.0775. The van der Waals surface area contributed by atoms with Crippen molar-refractivity contribution in [1.29, 1.82) is 0 Å². The molecule has 4 amide bonds. The van der Waals surface area contributed by atoms with Gasteiger partial charge in [-0.3, -0.25) is 14.5 Å². The van der Waals surface area contributed by atoms with Gasteiger partial charge in [-0.1, -0.05) is 48.0 Å². The average Bonchev–Trinajstić information content (AvgIpc) is 3.25. The quantitative estimate of drug-likeness (QED) is 0.310. The van der Waals surface area contributed by atoms with Gasteiger partial charge in [0.15, 0.2) is 11.5 Å². The molecule has 3 aromatic carbocycles. The van der Waals surface area contributed by atoms with E-state index >= 15 is 0 Å². The number of nitrogens with zero attached hydrogens (tertiary/aromatic N) is 2. The van der Waals surface area contributed by atoms with Gasteiger partial charge in [0.25, 0.3) is 11.8 Å². The molecule has 8 heteroatoms. The molecule has 0 aromatic heterocycles. The lowest BCUT2D eigenvalue weighted by atomic mass is 10.1. The van der Waals surface area contributed by atoms with Gasteiger partial charge < -0.3 is 19.7 Å². The highest BCUT2D eigenvalue weighted by atomic mass is 16.5. The second kappa shape index (κ2) is 12.1. The molecule has 3 aromatic rings. The lowest BCUT2D eigenvalue weighted by Crippen LogP contribution is -2.35. The summed E-state index contributed by atoms with van der Waals surface area (Å²) in [4.78, 5) is 41.2. The Kier molecular flexibility index (Phi) is 8.15. The van der Waals surface area contributed by atoms with E-state index < -0.39 is 6.03 Å². The molecule has 0 unspecified atom stereocenters. The fourth-order valence-electron chi connectivity index (χ4n) is 4.84. The lowest BCUT2D eigenvalue weighted by molar-refractivity contribution is -0.123. The number of amides is 4. The van der Waals surface area contributed by atoms with E-state index in [1.165, 1.54) is 11.3 Å². The first-order chi connectivity index (χ1) is 19.4. The molecule has 2 saturated heterocycles. The highest BCUT2D eigenvalue weighted by Gasteiger charge is 2.33. The number of hydrogen-bond donors (Lipinski definition) is 1. The van der Waals surface area contributed by atoms with E-state index in [9.17, 15) is 14.4 Å². The molecule has 2 heterocycles. The summed E-state index contributed by atoms with van der Waals surface area (Å²) in [6.07, 6.45) is 4.93. The van der Waals surface area contributed by atoms with Gasteiger partial charge in [-0.05, 0) is 73.2 Å². The zero-order valence-electron chi connectivity index (χ0n) is 22.8. The maximum Gasteiger partial charge on any atom is 0.329 e. The zero-order chi connectivity index (χ0) is 28.1. The standard InChI is InChI=1S/C32H33N3O5/c1-22-6-8-23(9-7-22)20-35-31(37)27(33-32(35)38)18-25-12-15-28(29(19-25)39-2)40-21-24-10-13-26(14-11-24)30(36)34-16-4-3-5-17-34/h6-15,18-19H,3-5,16-17,20-21H2,1-2H3,(H,33,38)/b27-18-. The highest BCUT2D eigenvalue weighted by molar-refractivity contribution is 6.13. The van der Waals surface area contributed by atoms with Crippen molar-refractivity contribution in [3.05, 3.63) is 100 Å². The number of methoxy groups -OCH3 is 1. The van der Waals surface area contributed by atoms with Crippen LogP contribution in [0.3, 0.4) is 0 Å². The molecule has 0 bridgehead atoms. The van der Waals surface area contributed by atoms with Crippen molar-refractivity contribution in [2.75, 3.05) is 20.2 Å². The Bertz CT molecular complexity index is 1420. The minimum Gasteiger partial charge on any atom is -0.493 e. The van der Waals surface area contributed by atoms with Crippen molar-refractivity contribution >= 4 is 23.9 Å². The topological polar surface area (TPSA) is 88.2 Å². The van der Waals surface area contributed by atoms with Crippen LogP contribution in [0.2, 0.25) is 0 Å². The van der Waals surface area contributed by atoms with E-state index in [2.05, 4.69) is 5.32 Å². The second-order valence-corrected chi connectivity index (χ2v) is 10.1. The van der Waals surface area contributed by atoms with Crippen molar-refractivity contribution < 1.29 is 23.9 Å². The van der Waals surface area contributed by atoms with Crippen LogP contribution in [0, 0.1) is 6.92 Å². The Morgan fingerprint density at radius 3 is 2.30 bits per heavy atom. The first-order valence-corrected chi connectivity index (χ1v) is 13.5. The van der Waals surface area contributed by atoms with Gasteiger partial charge in [0, 0.05) is 18.7 Å². The molecule has 2 aliphatic heterocycles. The predicted molar refractivity (Wildman–Crippen MR) is 152 cm³/mol. The van der Waals surface area contributed by atoms with Crippen LogP contribution in [0.15, 0.2) is 72.4 Å². The fourth-order valence-corrected chi connectivity index (χ4v) is 4.84. The smallest absolute Gasteiger partial charge is 0.329 e. The summed E-state index contributed by atoms with van der Waals surface area (Å²) in [6.45, 7) is 4.13. The van der Waals surface area contributed by atoms with Gasteiger partial charge in [0.1, 0.15) is 12.3 Å². The molecule has 2 aliphatic rings. The molecule has 206 valence electrons. The number of aryl methyl sites for hydroxylation is 1. The second-order valence-electron chi connectivity index (χ2n) is 10.1. The third-order valence-corrected chi connectivity index (χ3v) is 7.16. The molecule has 0 atom stereocenters. The van der Waals surface area contributed by atoms with Crippen molar-refractivity contribution in [3.63, 3.8) is 0 Å². The SMILES string of the molecule is COc1cc(/C=C2\NC(=O)N(Cc3ccc(C)cc3)C2=O)ccc1OCc1ccc(C(=O)N2CCCCC2)cc1. The van der Waals surface area contributed by atoms with E-state index in [0.717, 1.165) is 42.6 Å². The molecule has 8 nitrogen and oxygen atoms in total. The van der Waals surface area contributed by atoms with Crippen LogP contribution < -0.4 is 14.8 Å². The van der Waals surface area contributed by atoms with E-state index in [4.69, 9.17) is 9.47 Å². The van der Waals surface area contributed by atoms with Crippen LogP contribution in [-0.2, 0) is 17.9 Å². The Morgan fingerprint density at radius 2 is 1.60 bits per heavy atom. The lowest BCUT2D eigenvalue weighted by Gasteiger charge is -2.26. The number of hydrogen-bond acceptors (Lipinski definition) is 5. The summed E-state index contributed by atoms with van der Waals surface area (Å²) in [5.41, 5.74) is 4.49. The van der Waals surface area contributed by atoms with Crippen molar-refractivity contribution in [2.45, 2.75) is 39.3 Å². The molecule has 0 radical (unpaired) electrons.